The molecule has 1 aromatic heterocycles. The van der Waals surface area contributed by atoms with Gasteiger partial charge in [-0.25, -0.2) is 4.98 Å². The number of aromatic nitrogens is 2. The highest BCUT2D eigenvalue weighted by Gasteiger charge is 2.26. The Kier molecular flexibility index (Phi) is 2.63. The summed E-state index contributed by atoms with van der Waals surface area (Å²) in [6.45, 7) is 3.93. The molecule has 0 aromatic carbocycles. The normalized spacial score (nSPS) is 21.8. The van der Waals surface area contributed by atoms with E-state index in [1.54, 1.807) is 6.07 Å². The van der Waals surface area contributed by atoms with Crippen molar-refractivity contribution < 1.29 is 0 Å². The molecule has 3 rings (SSSR count). The van der Waals surface area contributed by atoms with Crippen LogP contribution in [0.1, 0.15) is 24.5 Å². The average Bonchev–Trinajstić information content (AvgIpc) is 3.13. The molecule has 1 aromatic rings. The van der Waals surface area contributed by atoms with E-state index in [4.69, 9.17) is 0 Å². The summed E-state index contributed by atoms with van der Waals surface area (Å²) in [5.74, 6) is 1.29. The maximum atomic E-state index is 11.6. The van der Waals surface area contributed by atoms with E-state index in [1.165, 1.54) is 12.8 Å². The van der Waals surface area contributed by atoms with Gasteiger partial charge >= 0.3 is 0 Å². The molecule has 17 heavy (non-hydrogen) atoms. The van der Waals surface area contributed by atoms with Gasteiger partial charge in [-0.05, 0) is 19.9 Å². The molecule has 2 heterocycles. The maximum absolute atomic E-state index is 11.6. The Bertz CT molecular complexity index is 458. The number of hydrogen-bond acceptors (Lipinski definition) is 4. The van der Waals surface area contributed by atoms with Crippen LogP contribution in [0.5, 0.6) is 0 Å². The van der Waals surface area contributed by atoms with Gasteiger partial charge in [0.1, 0.15) is 0 Å². The van der Waals surface area contributed by atoms with Crippen LogP contribution in [0.15, 0.2) is 10.9 Å². The first-order valence-electron chi connectivity index (χ1n) is 6.27. The molecular weight excluding hydrogens is 216 g/mol. The molecule has 0 amide bonds. The zero-order chi connectivity index (χ0) is 11.8. The highest BCUT2D eigenvalue weighted by atomic mass is 16.1. The van der Waals surface area contributed by atoms with Gasteiger partial charge in [-0.1, -0.05) is 0 Å². The van der Waals surface area contributed by atoms with Crippen molar-refractivity contribution in [3.05, 3.63) is 22.1 Å². The van der Waals surface area contributed by atoms with Gasteiger partial charge in [0, 0.05) is 38.2 Å². The highest BCUT2D eigenvalue weighted by molar-refractivity contribution is 5.32. The number of hydrogen-bond donors (Lipinski definition) is 1. The summed E-state index contributed by atoms with van der Waals surface area (Å²) in [7, 11) is 2.12. The van der Waals surface area contributed by atoms with Gasteiger partial charge in [0.05, 0.1) is 5.69 Å². The molecule has 0 spiro atoms. The molecule has 5 nitrogen and oxygen atoms in total. The van der Waals surface area contributed by atoms with Crippen LogP contribution >= 0.6 is 0 Å². The Balaban J connectivity index is 1.84. The third-order valence-corrected chi connectivity index (χ3v) is 3.55. The molecule has 1 aliphatic heterocycles. The Morgan fingerprint density at radius 3 is 2.65 bits per heavy atom. The predicted molar refractivity (Wildman–Crippen MR) is 66.5 cm³/mol. The van der Waals surface area contributed by atoms with Crippen molar-refractivity contribution in [3.8, 4) is 0 Å². The van der Waals surface area contributed by atoms with Crippen molar-refractivity contribution in [1.29, 1.82) is 0 Å². The van der Waals surface area contributed by atoms with Crippen molar-refractivity contribution in [3.63, 3.8) is 0 Å². The van der Waals surface area contributed by atoms with Gasteiger partial charge in [0.15, 0.2) is 0 Å². The Hall–Kier alpha value is -1.36. The van der Waals surface area contributed by atoms with Gasteiger partial charge in [-0.2, -0.15) is 0 Å². The zero-order valence-electron chi connectivity index (χ0n) is 10.1. The second-order valence-corrected chi connectivity index (χ2v) is 5.06. The number of rotatable bonds is 2. The lowest BCUT2D eigenvalue weighted by Gasteiger charge is -2.32. The number of nitrogens with one attached hydrogen (secondary N) is 1. The molecule has 1 aliphatic carbocycles. The van der Waals surface area contributed by atoms with Crippen LogP contribution in [0.2, 0.25) is 0 Å². The first-order chi connectivity index (χ1) is 8.22. The second-order valence-electron chi connectivity index (χ2n) is 5.06. The fourth-order valence-corrected chi connectivity index (χ4v) is 2.22. The van der Waals surface area contributed by atoms with Crippen molar-refractivity contribution in [2.45, 2.75) is 18.8 Å². The van der Waals surface area contributed by atoms with E-state index < -0.39 is 0 Å². The zero-order valence-corrected chi connectivity index (χ0v) is 10.1. The van der Waals surface area contributed by atoms with Crippen LogP contribution in [0.4, 0.5) is 5.95 Å². The Morgan fingerprint density at radius 1 is 1.29 bits per heavy atom. The van der Waals surface area contributed by atoms with Gasteiger partial charge in [0.2, 0.25) is 5.95 Å². The van der Waals surface area contributed by atoms with Crippen molar-refractivity contribution in [2.24, 2.45) is 0 Å². The summed E-state index contributed by atoms with van der Waals surface area (Å²) >= 11 is 0. The number of likely N-dealkylation sites (N-methyl/N-ethyl adjacent to an activating group) is 1. The third-order valence-electron chi connectivity index (χ3n) is 3.55. The van der Waals surface area contributed by atoms with E-state index in [-0.39, 0.29) is 5.56 Å². The molecule has 92 valence electrons. The van der Waals surface area contributed by atoms with E-state index in [9.17, 15) is 4.79 Å². The molecule has 0 bridgehead atoms. The van der Waals surface area contributed by atoms with Gasteiger partial charge in [0.25, 0.3) is 5.56 Å². The van der Waals surface area contributed by atoms with E-state index >= 15 is 0 Å². The van der Waals surface area contributed by atoms with Gasteiger partial charge in [-0.3, -0.25) is 9.78 Å². The van der Waals surface area contributed by atoms with Crippen molar-refractivity contribution in [2.75, 3.05) is 38.1 Å². The summed E-state index contributed by atoms with van der Waals surface area (Å²) in [5.41, 5.74) is 0.957. The standard InChI is InChI=1S/C12H18N4O/c1-15-4-6-16(7-5-15)12-13-10(9-2-3-9)8-11(17)14-12/h8-9H,2-7H2,1H3,(H,13,14,17). The fourth-order valence-electron chi connectivity index (χ4n) is 2.22. The van der Waals surface area contributed by atoms with Crippen LogP contribution in [0.3, 0.4) is 0 Å². The van der Waals surface area contributed by atoms with E-state index in [0.29, 0.717) is 5.92 Å². The molecule has 2 aliphatic rings. The average molecular weight is 234 g/mol. The van der Waals surface area contributed by atoms with E-state index in [0.717, 1.165) is 37.8 Å². The minimum atomic E-state index is -0.0178. The van der Waals surface area contributed by atoms with Gasteiger partial charge < -0.3 is 9.80 Å². The van der Waals surface area contributed by atoms with Crippen LogP contribution in [-0.2, 0) is 0 Å². The number of piperazine rings is 1. The van der Waals surface area contributed by atoms with Crippen molar-refractivity contribution in [1.82, 2.24) is 14.9 Å². The molecular formula is C12H18N4O. The van der Waals surface area contributed by atoms with E-state index in [2.05, 4.69) is 26.8 Å². The first kappa shape index (κ1) is 10.8. The lowest BCUT2D eigenvalue weighted by Crippen LogP contribution is -2.45. The van der Waals surface area contributed by atoms with Crippen molar-refractivity contribution >= 4 is 5.95 Å². The topological polar surface area (TPSA) is 52.2 Å². The second kappa shape index (κ2) is 4.14. The van der Waals surface area contributed by atoms with Crippen LogP contribution in [0.25, 0.3) is 0 Å². The molecule has 5 heteroatoms. The fraction of sp³-hybridized carbons (Fsp3) is 0.667. The minimum absolute atomic E-state index is 0.0178. The number of nitrogens with zero attached hydrogens (tertiary/aromatic N) is 3. The van der Waals surface area contributed by atoms with Gasteiger partial charge in [-0.15, -0.1) is 0 Å². The largest absolute Gasteiger partial charge is 0.340 e. The molecule has 1 saturated heterocycles. The summed E-state index contributed by atoms with van der Waals surface area (Å²) in [6, 6.07) is 1.65. The molecule has 0 unspecified atom stereocenters. The minimum Gasteiger partial charge on any atom is -0.340 e. The number of H-pyrrole nitrogens is 1. The molecule has 1 saturated carbocycles. The maximum Gasteiger partial charge on any atom is 0.252 e. The molecule has 1 N–H and O–H groups in total. The highest BCUT2D eigenvalue weighted by Crippen LogP contribution is 2.38. The lowest BCUT2D eigenvalue weighted by molar-refractivity contribution is 0.311. The van der Waals surface area contributed by atoms with E-state index in [1.807, 2.05) is 0 Å². The molecule has 0 atom stereocenters. The van der Waals surface area contributed by atoms with Crippen LogP contribution in [-0.4, -0.2) is 48.1 Å². The SMILES string of the molecule is CN1CCN(c2nc(C3CC3)cc(=O)[nH]2)CC1. The lowest BCUT2D eigenvalue weighted by atomic mass is 10.3. The van der Waals surface area contributed by atoms with Crippen LogP contribution in [0, 0.1) is 0 Å². The number of anilines is 1. The summed E-state index contributed by atoms with van der Waals surface area (Å²) < 4.78 is 0. The summed E-state index contributed by atoms with van der Waals surface area (Å²) in [6.07, 6.45) is 2.36. The predicted octanol–water partition coefficient (Wildman–Crippen LogP) is 0.399. The quantitative estimate of drug-likeness (QED) is 0.804. The molecule has 2 fully saturated rings. The third kappa shape index (κ3) is 2.34. The smallest absolute Gasteiger partial charge is 0.252 e. The summed E-state index contributed by atoms with van der Waals surface area (Å²) in [5, 5.41) is 0. The Labute approximate surface area is 100 Å². The Morgan fingerprint density at radius 2 is 2.00 bits per heavy atom. The van der Waals surface area contributed by atoms with Crippen LogP contribution < -0.4 is 10.5 Å². The monoisotopic (exact) mass is 234 g/mol. The summed E-state index contributed by atoms with van der Waals surface area (Å²) in [4.78, 5) is 23.5. The number of aromatic amines is 1. The molecule has 0 radical (unpaired) electrons. The first-order valence-corrected chi connectivity index (χ1v) is 6.27.